The smallest absolute Gasteiger partial charge is 0.232 e. The van der Waals surface area contributed by atoms with Gasteiger partial charge in [-0.25, -0.2) is 0 Å². The van der Waals surface area contributed by atoms with Crippen molar-refractivity contribution in [1.29, 1.82) is 0 Å². The maximum absolute atomic E-state index is 11.8. The first-order chi connectivity index (χ1) is 8.58. The Morgan fingerprint density at radius 3 is 2.67 bits per heavy atom. The number of nitrogen functional groups attached to an aromatic ring is 1. The number of phenolic OH excluding ortho intramolecular Hbond substituents is 1. The van der Waals surface area contributed by atoms with Crippen molar-refractivity contribution in [3.63, 3.8) is 0 Å². The fraction of sp³-hybridized carbons (Fsp3) is 0.462. The largest absolute Gasteiger partial charge is 0.508 e. The molecule has 0 heterocycles. The molecule has 0 aliphatic rings. The van der Waals surface area contributed by atoms with Gasteiger partial charge in [0, 0.05) is 30.1 Å². The quantitative estimate of drug-likeness (QED) is 0.612. The SMILES string of the molecule is CCN(CC)C(=O)CSCc1cc(N)ccc1O. The third-order valence-corrected chi connectivity index (χ3v) is 3.67. The summed E-state index contributed by atoms with van der Waals surface area (Å²) in [5.41, 5.74) is 7.05. The van der Waals surface area contributed by atoms with E-state index in [0.29, 0.717) is 17.2 Å². The Kier molecular flexibility index (Phi) is 5.85. The summed E-state index contributed by atoms with van der Waals surface area (Å²) in [6.45, 7) is 5.41. The lowest BCUT2D eigenvalue weighted by Crippen LogP contribution is -2.31. The first-order valence-electron chi connectivity index (χ1n) is 6.01. The Morgan fingerprint density at radius 2 is 2.06 bits per heavy atom. The average molecular weight is 268 g/mol. The van der Waals surface area contributed by atoms with Gasteiger partial charge in [-0.1, -0.05) is 0 Å². The van der Waals surface area contributed by atoms with Gasteiger partial charge in [0.1, 0.15) is 5.75 Å². The van der Waals surface area contributed by atoms with Gasteiger partial charge in [-0.15, -0.1) is 11.8 Å². The fourth-order valence-corrected chi connectivity index (χ4v) is 2.55. The molecule has 0 bridgehead atoms. The highest BCUT2D eigenvalue weighted by Gasteiger charge is 2.10. The van der Waals surface area contributed by atoms with Crippen molar-refractivity contribution in [3.05, 3.63) is 23.8 Å². The number of hydrogen-bond acceptors (Lipinski definition) is 4. The predicted molar refractivity (Wildman–Crippen MR) is 76.6 cm³/mol. The number of benzene rings is 1. The number of amides is 1. The van der Waals surface area contributed by atoms with Gasteiger partial charge >= 0.3 is 0 Å². The normalized spacial score (nSPS) is 10.3. The zero-order valence-electron chi connectivity index (χ0n) is 10.8. The van der Waals surface area contributed by atoms with Gasteiger partial charge in [0.15, 0.2) is 0 Å². The zero-order chi connectivity index (χ0) is 13.5. The summed E-state index contributed by atoms with van der Waals surface area (Å²) in [6.07, 6.45) is 0. The molecule has 0 aliphatic carbocycles. The number of thioether (sulfide) groups is 1. The van der Waals surface area contributed by atoms with Crippen LogP contribution in [0.2, 0.25) is 0 Å². The lowest BCUT2D eigenvalue weighted by atomic mass is 10.2. The topological polar surface area (TPSA) is 66.6 Å². The fourth-order valence-electron chi connectivity index (χ4n) is 1.64. The van der Waals surface area contributed by atoms with Crippen LogP contribution in [0.15, 0.2) is 18.2 Å². The van der Waals surface area contributed by atoms with Crippen LogP contribution in [0.5, 0.6) is 5.75 Å². The summed E-state index contributed by atoms with van der Waals surface area (Å²) in [4.78, 5) is 13.6. The third-order valence-electron chi connectivity index (χ3n) is 2.70. The lowest BCUT2D eigenvalue weighted by Gasteiger charge is -2.18. The average Bonchev–Trinajstić information content (AvgIpc) is 2.35. The van der Waals surface area contributed by atoms with E-state index in [1.807, 2.05) is 13.8 Å². The second-order valence-corrected chi connectivity index (χ2v) is 4.93. The van der Waals surface area contributed by atoms with Crippen LogP contribution in [-0.2, 0) is 10.5 Å². The van der Waals surface area contributed by atoms with Crippen LogP contribution in [0.1, 0.15) is 19.4 Å². The van der Waals surface area contributed by atoms with Gasteiger partial charge in [0.05, 0.1) is 5.75 Å². The molecule has 1 aromatic rings. The molecule has 1 aromatic carbocycles. The summed E-state index contributed by atoms with van der Waals surface area (Å²) in [5.74, 6) is 1.38. The lowest BCUT2D eigenvalue weighted by molar-refractivity contribution is -0.127. The molecule has 0 saturated heterocycles. The minimum absolute atomic E-state index is 0.133. The molecule has 0 spiro atoms. The van der Waals surface area contributed by atoms with Crippen molar-refractivity contribution < 1.29 is 9.90 Å². The highest BCUT2D eigenvalue weighted by molar-refractivity contribution is 7.99. The maximum atomic E-state index is 11.8. The van der Waals surface area contributed by atoms with Gasteiger partial charge in [-0.05, 0) is 32.0 Å². The molecule has 5 heteroatoms. The van der Waals surface area contributed by atoms with Gasteiger partial charge < -0.3 is 15.7 Å². The molecule has 0 aromatic heterocycles. The van der Waals surface area contributed by atoms with Gasteiger partial charge in [-0.2, -0.15) is 0 Å². The number of carbonyl (C=O) groups is 1. The standard InChI is InChI=1S/C13H20N2O2S/c1-3-15(4-2)13(17)9-18-8-10-7-11(14)5-6-12(10)16/h5-7,16H,3-4,8-9,14H2,1-2H3. The number of aromatic hydroxyl groups is 1. The number of nitrogens with two attached hydrogens (primary N) is 1. The Hall–Kier alpha value is -1.36. The van der Waals surface area contributed by atoms with Gasteiger partial charge in [-0.3, -0.25) is 4.79 Å². The van der Waals surface area contributed by atoms with E-state index in [1.165, 1.54) is 11.8 Å². The number of rotatable bonds is 6. The van der Waals surface area contributed by atoms with Crippen molar-refractivity contribution in [2.75, 3.05) is 24.6 Å². The molecular weight excluding hydrogens is 248 g/mol. The summed E-state index contributed by atoms with van der Waals surface area (Å²) < 4.78 is 0. The second-order valence-electron chi connectivity index (χ2n) is 3.95. The Balaban J connectivity index is 2.46. The molecule has 0 saturated carbocycles. The molecule has 0 unspecified atom stereocenters. The van der Waals surface area contributed by atoms with Crippen LogP contribution < -0.4 is 5.73 Å². The van der Waals surface area contributed by atoms with Crippen LogP contribution >= 0.6 is 11.8 Å². The summed E-state index contributed by atoms with van der Waals surface area (Å²) >= 11 is 1.49. The molecule has 0 radical (unpaired) electrons. The zero-order valence-corrected chi connectivity index (χ0v) is 11.7. The number of carbonyl (C=O) groups excluding carboxylic acids is 1. The number of anilines is 1. The number of nitrogens with zero attached hydrogens (tertiary/aromatic N) is 1. The van der Waals surface area contributed by atoms with Crippen molar-refractivity contribution in [2.45, 2.75) is 19.6 Å². The highest BCUT2D eigenvalue weighted by Crippen LogP contribution is 2.24. The molecule has 3 N–H and O–H groups in total. The van der Waals surface area contributed by atoms with Crippen LogP contribution in [0, 0.1) is 0 Å². The van der Waals surface area contributed by atoms with Gasteiger partial charge in [0.2, 0.25) is 5.91 Å². The Morgan fingerprint density at radius 1 is 1.39 bits per heavy atom. The van der Waals surface area contributed by atoms with Gasteiger partial charge in [0.25, 0.3) is 0 Å². The van der Waals surface area contributed by atoms with Crippen LogP contribution in [0.4, 0.5) is 5.69 Å². The van der Waals surface area contributed by atoms with Crippen molar-refractivity contribution in [2.24, 2.45) is 0 Å². The minimum atomic E-state index is 0.133. The second kappa shape index (κ2) is 7.16. The van der Waals surface area contributed by atoms with Crippen molar-refractivity contribution >= 4 is 23.4 Å². The van der Waals surface area contributed by atoms with E-state index in [2.05, 4.69) is 0 Å². The van der Waals surface area contributed by atoms with E-state index in [9.17, 15) is 9.90 Å². The van der Waals surface area contributed by atoms with E-state index < -0.39 is 0 Å². The number of hydrogen-bond donors (Lipinski definition) is 2. The summed E-state index contributed by atoms with van der Waals surface area (Å²) in [5, 5.41) is 9.64. The molecule has 4 nitrogen and oxygen atoms in total. The molecular formula is C13H20N2O2S. The molecule has 0 aliphatic heterocycles. The molecule has 1 amide bonds. The summed E-state index contributed by atoms with van der Waals surface area (Å²) in [6, 6.07) is 4.98. The highest BCUT2D eigenvalue weighted by atomic mass is 32.2. The van der Waals surface area contributed by atoms with Crippen molar-refractivity contribution in [1.82, 2.24) is 4.90 Å². The van der Waals surface area contributed by atoms with Crippen LogP contribution in [-0.4, -0.2) is 34.8 Å². The van der Waals surface area contributed by atoms with Crippen LogP contribution in [0.3, 0.4) is 0 Å². The van der Waals surface area contributed by atoms with E-state index >= 15 is 0 Å². The predicted octanol–water partition coefficient (Wildman–Crippen LogP) is 2.08. The first kappa shape index (κ1) is 14.7. The molecule has 0 fully saturated rings. The molecule has 0 atom stereocenters. The Labute approximate surface area is 112 Å². The Bertz CT molecular complexity index is 406. The first-order valence-corrected chi connectivity index (χ1v) is 7.16. The monoisotopic (exact) mass is 268 g/mol. The van der Waals surface area contributed by atoms with E-state index in [4.69, 9.17) is 5.73 Å². The van der Waals surface area contributed by atoms with Crippen molar-refractivity contribution in [3.8, 4) is 5.75 Å². The maximum Gasteiger partial charge on any atom is 0.232 e. The molecule has 1 rings (SSSR count). The minimum Gasteiger partial charge on any atom is -0.508 e. The molecule has 18 heavy (non-hydrogen) atoms. The number of phenols is 1. The summed E-state index contributed by atoms with van der Waals surface area (Å²) in [7, 11) is 0. The third kappa shape index (κ3) is 4.14. The van der Waals surface area contributed by atoms with E-state index in [1.54, 1.807) is 23.1 Å². The van der Waals surface area contributed by atoms with E-state index in [0.717, 1.165) is 18.7 Å². The van der Waals surface area contributed by atoms with E-state index in [-0.39, 0.29) is 11.7 Å². The molecule has 100 valence electrons. The van der Waals surface area contributed by atoms with Crippen LogP contribution in [0.25, 0.3) is 0 Å².